The molecule has 2 bridgehead atoms. The Balaban J connectivity index is 2.18. The molecular formula is C12H18BrNO3. The van der Waals surface area contributed by atoms with Crippen LogP contribution in [0.2, 0.25) is 0 Å². The molecule has 1 heterocycles. The summed E-state index contributed by atoms with van der Waals surface area (Å²) in [5, 5.41) is 0. The topological polar surface area (TPSA) is 46.6 Å². The van der Waals surface area contributed by atoms with Crippen molar-refractivity contribution in [3.8, 4) is 0 Å². The van der Waals surface area contributed by atoms with Gasteiger partial charge in [-0.15, -0.1) is 0 Å². The van der Waals surface area contributed by atoms with Crippen LogP contribution < -0.4 is 0 Å². The molecule has 0 spiro atoms. The highest BCUT2D eigenvalue weighted by atomic mass is 79.9. The lowest BCUT2D eigenvalue weighted by molar-refractivity contribution is -0.137. The van der Waals surface area contributed by atoms with E-state index in [2.05, 4.69) is 15.9 Å². The second kappa shape index (κ2) is 3.70. The average molecular weight is 304 g/mol. The van der Waals surface area contributed by atoms with E-state index in [0.717, 1.165) is 12.8 Å². The average Bonchev–Trinajstić information content (AvgIpc) is 2.51. The number of imide groups is 1. The summed E-state index contributed by atoms with van der Waals surface area (Å²) in [5.41, 5.74) is -0.961. The van der Waals surface area contributed by atoms with Gasteiger partial charge in [-0.2, -0.15) is 0 Å². The largest absolute Gasteiger partial charge is 0.443 e. The summed E-state index contributed by atoms with van der Waals surface area (Å²) in [6.45, 7) is 7.33. The summed E-state index contributed by atoms with van der Waals surface area (Å²) in [6.07, 6.45) is 1.02. The molecule has 1 saturated carbocycles. The molecule has 5 heteroatoms. The second-order valence-electron chi connectivity index (χ2n) is 6.21. The summed E-state index contributed by atoms with van der Waals surface area (Å²) in [7, 11) is 0. The molecule has 3 unspecified atom stereocenters. The maximum Gasteiger partial charge on any atom is 0.417 e. The molecule has 1 aliphatic heterocycles. The summed E-state index contributed by atoms with van der Waals surface area (Å²) in [5.74, 6) is -0.0903. The predicted octanol–water partition coefficient (Wildman–Crippen LogP) is 2.70. The molecule has 3 atom stereocenters. The summed E-state index contributed by atoms with van der Waals surface area (Å²) < 4.78 is 5.28. The van der Waals surface area contributed by atoms with Crippen LogP contribution >= 0.6 is 15.9 Å². The lowest BCUT2D eigenvalue weighted by atomic mass is 9.89. The van der Waals surface area contributed by atoms with Crippen molar-refractivity contribution in [3.63, 3.8) is 0 Å². The van der Waals surface area contributed by atoms with Gasteiger partial charge in [0.2, 0.25) is 5.91 Å². The third-order valence-electron chi connectivity index (χ3n) is 3.38. The molecule has 1 aliphatic carbocycles. The third-order valence-corrected chi connectivity index (χ3v) is 4.31. The number of piperidine rings is 1. The van der Waals surface area contributed by atoms with Crippen molar-refractivity contribution >= 4 is 27.9 Å². The van der Waals surface area contributed by atoms with E-state index in [1.165, 1.54) is 4.90 Å². The van der Waals surface area contributed by atoms with Crippen molar-refractivity contribution in [3.05, 3.63) is 0 Å². The fourth-order valence-electron chi connectivity index (χ4n) is 2.64. The minimum Gasteiger partial charge on any atom is -0.443 e. The summed E-state index contributed by atoms with van der Waals surface area (Å²) in [6, 6.07) is -0.0534. The van der Waals surface area contributed by atoms with Crippen molar-refractivity contribution in [1.82, 2.24) is 4.90 Å². The lowest BCUT2D eigenvalue weighted by Gasteiger charge is -2.33. The first-order valence-corrected chi connectivity index (χ1v) is 6.76. The summed E-state index contributed by atoms with van der Waals surface area (Å²) in [4.78, 5) is 25.7. The molecule has 2 fully saturated rings. The number of nitrogens with zero attached hydrogens (tertiary/aromatic N) is 1. The first-order chi connectivity index (χ1) is 7.64. The molecule has 1 saturated heterocycles. The van der Waals surface area contributed by atoms with Crippen LogP contribution in [-0.4, -0.2) is 33.4 Å². The Bertz CT molecular complexity index is 376. The monoisotopic (exact) mass is 303 g/mol. The molecule has 0 N–H and O–H groups in total. The van der Waals surface area contributed by atoms with E-state index in [-0.39, 0.29) is 16.8 Å². The third kappa shape index (κ3) is 2.09. The Hall–Kier alpha value is -0.580. The van der Waals surface area contributed by atoms with Crippen molar-refractivity contribution < 1.29 is 14.3 Å². The van der Waals surface area contributed by atoms with Gasteiger partial charge in [-0.05, 0) is 33.6 Å². The Morgan fingerprint density at radius 2 is 2.06 bits per heavy atom. The zero-order chi connectivity index (χ0) is 13.0. The Labute approximate surface area is 110 Å². The van der Waals surface area contributed by atoms with Crippen LogP contribution in [-0.2, 0) is 9.53 Å². The van der Waals surface area contributed by atoms with Crippen LogP contribution in [0.15, 0.2) is 0 Å². The van der Waals surface area contributed by atoms with Crippen molar-refractivity contribution in [2.45, 2.75) is 57.0 Å². The quantitative estimate of drug-likeness (QED) is 0.646. The minimum absolute atomic E-state index is 0.0534. The number of carbonyl (C=O) groups excluding carboxylic acids is 2. The number of hydrogen-bond acceptors (Lipinski definition) is 3. The van der Waals surface area contributed by atoms with Crippen LogP contribution in [0.25, 0.3) is 0 Å². The highest BCUT2D eigenvalue weighted by Crippen LogP contribution is 2.51. The van der Waals surface area contributed by atoms with E-state index < -0.39 is 17.1 Å². The Morgan fingerprint density at radius 1 is 1.47 bits per heavy atom. The highest BCUT2D eigenvalue weighted by Gasteiger charge is 2.60. The molecule has 0 aromatic rings. The molecule has 4 nitrogen and oxygen atoms in total. The number of ether oxygens (including phenoxy) is 1. The van der Waals surface area contributed by atoms with Gasteiger partial charge in [0, 0.05) is 4.83 Å². The molecule has 2 amide bonds. The number of halogens is 1. The Morgan fingerprint density at radius 3 is 2.53 bits per heavy atom. The number of amides is 2. The zero-order valence-corrected chi connectivity index (χ0v) is 12.2. The molecule has 0 aromatic heterocycles. The second-order valence-corrected chi connectivity index (χ2v) is 7.38. The van der Waals surface area contributed by atoms with Crippen molar-refractivity contribution in [2.24, 2.45) is 5.41 Å². The number of alkyl halides is 1. The van der Waals surface area contributed by atoms with Crippen molar-refractivity contribution in [2.75, 3.05) is 0 Å². The van der Waals surface area contributed by atoms with Crippen LogP contribution in [0.4, 0.5) is 4.79 Å². The number of carbonyl (C=O) groups is 2. The van der Waals surface area contributed by atoms with E-state index in [1.807, 2.05) is 6.92 Å². The number of rotatable bonds is 0. The molecule has 2 rings (SSSR count). The summed E-state index contributed by atoms with van der Waals surface area (Å²) >= 11 is 3.54. The van der Waals surface area contributed by atoms with E-state index in [0.29, 0.717) is 0 Å². The maximum absolute atomic E-state index is 12.2. The number of hydrogen-bond donors (Lipinski definition) is 0. The van der Waals surface area contributed by atoms with Gasteiger partial charge < -0.3 is 4.74 Å². The highest BCUT2D eigenvalue weighted by molar-refractivity contribution is 9.09. The van der Waals surface area contributed by atoms with Gasteiger partial charge >= 0.3 is 6.09 Å². The van der Waals surface area contributed by atoms with Gasteiger partial charge in [0.1, 0.15) is 5.60 Å². The first-order valence-electron chi connectivity index (χ1n) is 5.85. The van der Waals surface area contributed by atoms with Gasteiger partial charge in [-0.1, -0.05) is 22.9 Å². The molecule has 17 heavy (non-hydrogen) atoms. The smallest absolute Gasteiger partial charge is 0.417 e. The molecular weight excluding hydrogens is 286 g/mol. The molecule has 96 valence electrons. The van der Waals surface area contributed by atoms with E-state index in [9.17, 15) is 9.59 Å². The molecule has 2 aliphatic rings. The number of fused-ring (bicyclic) bond motifs is 2. The van der Waals surface area contributed by atoms with E-state index >= 15 is 0 Å². The maximum atomic E-state index is 12.2. The zero-order valence-electron chi connectivity index (χ0n) is 10.6. The first kappa shape index (κ1) is 12.9. The van der Waals surface area contributed by atoms with E-state index in [1.54, 1.807) is 20.8 Å². The fraction of sp³-hybridized carbons (Fsp3) is 0.833. The van der Waals surface area contributed by atoms with Gasteiger partial charge in [0.15, 0.2) is 0 Å². The van der Waals surface area contributed by atoms with Crippen molar-refractivity contribution in [1.29, 1.82) is 0 Å². The van der Waals surface area contributed by atoms with Gasteiger partial charge in [-0.25, -0.2) is 9.69 Å². The molecule has 0 aromatic carbocycles. The predicted molar refractivity (Wildman–Crippen MR) is 66.9 cm³/mol. The van der Waals surface area contributed by atoms with Gasteiger partial charge in [0.05, 0.1) is 11.5 Å². The molecule has 0 radical (unpaired) electrons. The lowest BCUT2D eigenvalue weighted by Crippen LogP contribution is -2.50. The standard InChI is InChI=1S/C12H18BrNO3/c1-11(2,3)17-10(16)14-8-6-12(4,9(14)15)5-7(8)13/h7-8H,5-6H2,1-4H3. The van der Waals surface area contributed by atoms with Crippen LogP contribution in [0.5, 0.6) is 0 Å². The normalized spacial score (nSPS) is 36.5. The number of likely N-dealkylation sites (tertiary alicyclic amines) is 1. The van der Waals surface area contributed by atoms with E-state index in [4.69, 9.17) is 4.74 Å². The van der Waals surface area contributed by atoms with Crippen LogP contribution in [0.1, 0.15) is 40.5 Å². The van der Waals surface area contributed by atoms with Gasteiger partial charge in [0.25, 0.3) is 0 Å². The van der Waals surface area contributed by atoms with Crippen LogP contribution in [0.3, 0.4) is 0 Å². The van der Waals surface area contributed by atoms with Crippen LogP contribution in [0, 0.1) is 5.41 Å². The Kier molecular flexibility index (Phi) is 2.80. The minimum atomic E-state index is -0.568. The fourth-order valence-corrected chi connectivity index (χ4v) is 3.78. The van der Waals surface area contributed by atoms with Gasteiger partial charge in [-0.3, -0.25) is 4.79 Å². The SMILES string of the molecule is CC(C)(C)OC(=O)N1C(=O)C2(C)CC(Br)C1C2.